The van der Waals surface area contributed by atoms with Crippen LogP contribution in [0.3, 0.4) is 0 Å². The summed E-state index contributed by atoms with van der Waals surface area (Å²) in [6, 6.07) is 4.54. The first-order valence-corrected chi connectivity index (χ1v) is 9.40. The zero-order chi connectivity index (χ0) is 17.4. The fraction of sp³-hybridized carbons (Fsp3) is 0.737. The van der Waals surface area contributed by atoms with Gasteiger partial charge in [-0.2, -0.15) is 0 Å². The quantitative estimate of drug-likeness (QED) is 0.329. The molecule has 3 N–H and O–H groups in total. The van der Waals surface area contributed by atoms with Gasteiger partial charge >= 0.3 is 0 Å². The first-order chi connectivity index (χ1) is 11.6. The van der Waals surface area contributed by atoms with Gasteiger partial charge in [-0.15, -0.1) is 24.0 Å². The van der Waals surface area contributed by atoms with Crippen molar-refractivity contribution < 1.29 is 4.42 Å². The van der Waals surface area contributed by atoms with Gasteiger partial charge in [0.15, 0.2) is 5.96 Å². The van der Waals surface area contributed by atoms with Crippen LogP contribution in [-0.2, 0) is 0 Å². The van der Waals surface area contributed by atoms with Crippen LogP contribution in [0.2, 0.25) is 0 Å². The molecule has 0 aliphatic carbocycles. The number of nitrogens with zero attached hydrogens (tertiary/aromatic N) is 2. The van der Waals surface area contributed by atoms with Gasteiger partial charge in [-0.05, 0) is 57.3 Å². The lowest BCUT2D eigenvalue weighted by Gasteiger charge is -2.24. The van der Waals surface area contributed by atoms with E-state index < -0.39 is 0 Å². The molecule has 2 unspecified atom stereocenters. The Morgan fingerprint density at radius 2 is 2.00 bits per heavy atom. The van der Waals surface area contributed by atoms with Crippen molar-refractivity contribution in [3.63, 3.8) is 0 Å². The first kappa shape index (κ1) is 22.3. The highest BCUT2D eigenvalue weighted by molar-refractivity contribution is 14.0. The van der Waals surface area contributed by atoms with Gasteiger partial charge in [0.2, 0.25) is 0 Å². The molecule has 2 rings (SSSR count). The summed E-state index contributed by atoms with van der Waals surface area (Å²) in [6.45, 7) is 9.57. The number of hydrogen-bond donors (Lipinski definition) is 2. The van der Waals surface area contributed by atoms with Gasteiger partial charge in [0.05, 0.1) is 18.8 Å². The molecule has 1 saturated heterocycles. The molecule has 0 saturated carbocycles. The van der Waals surface area contributed by atoms with Gasteiger partial charge in [0.25, 0.3) is 0 Å². The minimum absolute atomic E-state index is 0. The van der Waals surface area contributed by atoms with E-state index in [9.17, 15) is 0 Å². The summed E-state index contributed by atoms with van der Waals surface area (Å²) in [4.78, 5) is 7.04. The number of aliphatic imine (C=N–C) groups is 1. The summed E-state index contributed by atoms with van der Waals surface area (Å²) in [5.41, 5.74) is 6.10. The topological polar surface area (TPSA) is 66.8 Å². The number of rotatable bonds is 9. The SMILES string of the molecule is CC(C)CCCC(C)NC(N)=NCC(c1ccco1)N1CCCC1.I. The molecule has 1 aromatic heterocycles. The lowest BCUT2D eigenvalue weighted by Crippen LogP contribution is -2.39. The van der Waals surface area contributed by atoms with Crippen molar-refractivity contribution in [2.45, 2.75) is 65.0 Å². The number of furan rings is 1. The van der Waals surface area contributed by atoms with Crippen LogP contribution in [0, 0.1) is 5.92 Å². The van der Waals surface area contributed by atoms with Crippen LogP contribution in [-0.4, -0.2) is 36.5 Å². The second kappa shape index (κ2) is 11.8. The second-order valence-electron chi connectivity index (χ2n) is 7.37. The molecular formula is C19H35IN4O. The molecule has 25 heavy (non-hydrogen) atoms. The van der Waals surface area contributed by atoms with E-state index in [4.69, 9.17) is 10.2 Å². The van der Waals surface area contributed by atoms with Gasteiger partial charge in [0, 0.05) is 6.04 Å². The smallest absolute Gasteiger partial charge is 0.188 e. The fourth-order valence-corrected chi connectivity index (χ4v) is 3.31. The van der Waals surface area contributed by atoms with Crippen molar-refractivity contribution in [2.24, 2.45) is 16.6 Å². The summed E-state index contributed by atoms with van der Waals surface area (Å²) in [7, 11) is 0. The Labute approximate surface area is 169 Å². The summed E-state index contributed by atoms with van der Waals surface area (Å²) >= 11 is 0. The van der Waals surface area contributed by atoms with Gasteiger partial charge in [-0.3, -0.25) is 9.89 Å². The standard InChI is InChI=1S/C19H34N4O.HI/c1-15(2)8-6-9-16(3)22-19(20)21-14-17(18-10-7-13-24-18)23-11-4-5-12-23;/h7,10,13,15-17H,4-6,8-9,11-12,14H2,1-3H3,(H3,20,21,22);1H. The van der Waals surface area contributed by atoms with Crippen LogP contribution in [0.1, 0.15) is 64.7 Å². The number of nitrogens with one attached hydrogen (secondary N) is 1. The highest BCUT2D eigenvalue weighted by Crippen LogP contribution is 2.25. The highest BCUT2D eigenvalue weighted by atomic mass is 127. The Kier molecular flexibility index (Phi) is 10.5. The Hall–Kier alpha value is -0.760. The lowest BCUT2D eigenvalue weighted by atomic mass is 10.0. The molecule has 1 aliphatic rings. The van der Waals surface area contributed by atoms with Crippen molar-refractivity contribution in [1.82, 2.24) is 10.2 Å². The molecule has 2 heterocycles. The molecule has 1 fully saturated rings. The van der Waals surface area contributed by atoms with Crippen LogP contribution < -0.4 is 11.1 Å². The molecule has 0 amide bonds. The average molecular weight is 462 g/mol. The molecule has 0 bridgehead atoms. The van der Waals surface area contributed by atoms with Crippen molar-refractivity contribution in [3.8, 4) is 0 Å². The van der Waals surface area contributed by atoms with Crippen LogP contribution in [0.15, 0.2) is 27.8 Å². The molecule has 5 nitrogen and oxygen atoms in total. The zero-order valence-corrected chi connectivity index (χ0v) is 18.2. The van der Waals surface area contributed by atoms with E-state index in [2.05, 4.69) is 36.0 Å². The summed E-state index contributed by atoms with van der Waals surface area (Å²) in [5.74, 6) is 2.29. The van der Waals surface area contributed by atoms with Gasteiger partial charge in [0.1, 0.15) is 5.76 Å². The molecule has 0 radical (unpaired) electrons. The molecular weight excluding hydrogens is 427 g/mol. The molecule has 6 heteroatoms. The van der Waals surface area contributed by atoms with Crippen LogP contribution in [0.25, 0.3) is 0 Å². The number of likely N-dealkylation sites (tertiary alicyclic amines) is 1. The number of guanidine groups is 1. The van der Waals surface area contributed by atoms with Crippen molar-refractivity contribution >= 4 is 29.9 Å². The summed E-state index contributed by atoms with van der Waals surface area (Å²) in [6.07, 6.45) is 7.85. The predicted molar refractivity (Wildman–Crippen MR) is 115 cm³/mol. The zero-order valence-electron chi connectivity index (χ0n) is 15.9. The summed E-state index contributed by atoms with van der Waals surface area (Å²) < 4.78 is 5.62. The third-order valence-electron chi connectivity index (χ3n) is 4.70. The van der Waals surface area contributed by atoms with E-state index in [0.29, 0.717) is 18.5 Å². The molecule has 1 aromatic rings. The Bertz CT molecular complexity index is 484. The number of hydrogen-bond acceptors (Lipinski definition) is 3. The van der Waals surface area contributed by atoms with E-state index in [-0.39, 0.29) is 30.0 Å². The average Bonchev–Trinajstić information content (AvgIpc) is 3.20. The lowest BCUT2D eigenvalue weighted by molar-refractivity contribution is 0.221. The molecule has 1 aliphatic heterocycles. The van der Waals surface area contributed by atoms with E-state index in [0.717, 1.165) is 31.2 Å². The fourth-order valence-electron chi connectivity index (χ4n) is 3.31. The second-order valence-corrected chi connectivity index (χ2v) is 7.37. The number of halogens is 1. The molecule has 0 aromatic carbocycles. The van der Waals surface area contributed by atoms with E-state index >= 15 is 0 Å². The van der Waals surface area contributed by atoms with Crippen LogP contribution in [0.4, 0.5) is 0 Å². The third kappa shape index (κ3) is 7.98. The van der Waals surface area contributed by atoms with Crippen molar-refractivity contribution in [2.75, 3.05) is 19.6 Å². The van der Waals surface area contributed by atoms with Crippen molar-refractivity contribution in [1.29, 1.82) is 0 Å². The normalized spacial score (nSPS) is 18.2. The van der Waals surface area contributed by atoms with Crippen LogP contribution in [0.5, 0.6) is 0 Å². The Balaban J connectivity index is 0.00000312. The largest absolute Gasteiger partial charge is 0.468 e. The monoisotopic (exact) mass is 462 g/mol. The van der Waals surface area contributed by atoms with Gasteiger partial charge in [-0.25, -0.2) is 0 Å². The minimum Gasteiger partial charge on any atom is -0.468 e. The highest BCUT2D eigenvalue weighted by Gasteiger charge is 2.25. The van der Waals surface area contributed by atoms with Crippen LogP contribution >= 0.6 is 24.0 Å². The third-order valence-corrected chi connectivity index (χ3v) is 4.70. The minimum atomic E-state index is 0. The predicted octanol–water partition coefficient (Wildman–Crippen LogP) is 4.15. The van der Waals surface area contributed by atoms with E-state index in [1.54, 1.807) is 6.26 Å². The van der Waals surface area contributed by atoms with Gasteiger partial charge < -0.3 is 15.5 Å². The van der Waals surface area contributed by atoms with Gasteiger partial charge in [-0.1, -0.05) is 26.7 Å². The molecule has 144 valence electrons. The van der Waals surface area contributed by atoms with E-state index in [1.807, 2.05) is 12.1 Å². The van der Waals surface area contributed by atoms with E-state index in [1.165, 1.54) is 25.7 Å². The molecule has 0 spiro atoms. The Morgan fingerprint density at radius 3 is 2.60 bits per heavy atom. The maximum atomic E-state index is 6.10. The maximum Gasteiger partial charge on any atom is 0.188 e. The first-order valence-electron chi connectivity index (χ1n) is 9.40. The summed E-state index contributed by atoms with van der Waals surface area (Å²) in [5, 5.41) is 3.32. The van der Waals surface area contributed by atoms with Crippen molar-refractivity contribution in [3.05, 3.63) is 24.2 Å². The number of nitrogens with two attached hydrogens (primary N) is 1. The molecule has 2 atom stereocenters. The Morgan fingerprint density at radius 1 is 1.28 bits per heavy atom. The maximum absolute atomic E-state index is 6.10.